The van der Waals surface area contributed by atoms with Crippen LogP contribution >= 0.6 is 0 Å². The van der Waals surface area contributed by atoms with E-state index >= 15 is 0 Å². The molecule has 0 aromatic rings. The van der Waals surface area contributed by atoms with E-state index in [9.17, 15) is 23.1 Å². The molecule has 24 heavy (non-hydrogen) atoms. The van der Waals surface area contributed by atoms with Gasteiger partial charge in [-0.3, -0.25) is 9.69 Å². The van der Waals surface area contributed by atoms with Gasteiger partial charge in [0.25, 0.3) is 0 Å². The van der Waals surface area contributed by atoms with Crippen molar-refractivity contribution < 1.29 is 23.1 Å². The van der Waals surface area contributed by atoms with Gasteiger partial charge in [-0.05, 0) is 25.8 Å². The molecule has 1 amide bonds. The van der Waals surface area contributed by atoms with Crippen LogP contribution in [-0.4, -0.2) is 84.7 Å². The second-order valence-corrected chi connectivity index (χ2v) is 9.18. The van der Waals surface area contributed by atoms with Gasteiger partial charge in [0.15, 0.2) is 0 Å². The van der Waals surface area contributed by atoms with Gasteiger partial charge in [0.05, 0.1) is 5.92 Å². The summed E-state index contributed by atoms with van der Waals surface area (Å²) in [5.74, 6) is -2.03. The second kappa shape index (κ2) is 6.97. The van der Waals surface area contributed by atoms with E-state index < -0.39 is 33.3 Å². The predicted octanol–water partition coefficient (Wildman–Crippen LogP) is -0.133. The molecule has 2 aliphatic rings. The SMILES string of the molecule is CC(C)[C@@H](C(=O)O)N(C)C(=O)[C@H]1CCN(S(=O)(=O)[C@@H]2CCN2C)C1. The van der Waals surface area contributed by atoms with Crippen molar-refractivity contribution in [2.75, 3.05) is 33.7 Å². The number of carboxylic acid groups (broad SMARTS) is 1. The number of sulfonamides is 1. The van der Waals surface area contributed by atoms with E-state index in [4.69, 9.17) is 0 Å². The third-order valence-corrected chi connectivity index (χ3v) is 7.41. The summed E-state index contributed by atoms with van der Waals surface area (Å²) in [4.78, 5) is 27.0. The standard InChI is InChI=1S/C15H27N3O5S/c1-10(2)13(15(20)21)17(4)14(19)11-5-8-18(9-11)24(22,23)12-6-7-16(12)3/h10-13H,5-9H2,1-4H3,(H,20,21)/t11-,12+,13-/m0/s1. The molecular formula is C15H27N3O5S. The first-order valence-corrected chi connectivity index (χ1v) is 9.76. The van der Waals surface area contributed by atoms with E-state index in [0.29, 0.717) is 19.4 Å². The summed E-state index contributed by atoms with van der Waals surface area (Å²) < 4.78 is 26.5. The van der Waals surface area contributed by atoms with Gasteiger partial charge in [-0.1, -0.05) is 13.8 Å². The molecule has 8 nitrogen and oxygen atoms in total. The third kappa shape index (κ3) is 3.43. The molecule has 2 heterocycles. The molecule has 0 saturated carbocycles. The van der Waals surface area contributed by atoms with Gasteiger partial charge in [0.2, 0.25) is 15.9 Å². The quantitative estimate of drug-likeness (QED) is 0.707. The monoisotopic (exact) mass is 361 g/mol. The molecule has 0 unspecified atom stereocenters. The number of amides is 1. The zero-order valence-electron chi connectivity index (χ0n) is 14.7. The summed E-state index contributed by atoms with van der Waals surface area (Å²) in [5, 5.41) is 8.83. The average Bonchev–Trinajstić information content (AvgIpc) is 2.93. The molecule has 0 aromatic carbocycles. The fourth-order valence-corrected chi connectivity index (χ4v) is 5.58. The number of likely N-dealkylation sites (N-methyl/N-ethyl adjacent to an activating group) is 1. The Hall–Kier alpha value is -1.19. The molecule has 138 valence electrons. The van der Waals surface area contributed by atoms with Crippen molar-refractivity contribution in [1.29, 1.82) is 0 Å². The van der Waals surface area contributed by atoms with E-state index in [2.05, 4.69) is 0 Å². The number of aliphatic carboxylic acids is 1. The van der Waals surface area contributed by atoms with Crippen molar-refractivity contribution in [2.24, 2.45) is 11.8 Å². The van der Waals surface area contributed by atoms with Crippen molar-refractivity contribution in [2.45, 2.75) is 38.1 Å². The molecule has 0 radical (unpaired) electrons. The van der Waals surface area contributed by atoms with Crippen molar-refractivity contribution in [3.63, 3.8) is 0 Å². The molecule has 2 fully saturated rings. The number of carbonyl (C=O) groups is 2. The summed E-state index contributed by atoms with van der Waals surface area (Å²) in [6, 6.07) is -0.902. The van der Waals surface area contributed by atoms with Crippen LogP contribution in [0.15, 0.2) is 0 Å². The van der Waals surface area contributed by atoms with E-state index in [1.54, 1.807) is 25.8 Å². The van der Waals surface area contributed by atoms with Crippen LogP contribution < -0.4 is 0 Å². The number of carboxylic acids is 1. The molecule has 0 aliphatic carbocycles. The summed E-state index contributed by atoms with van der Waals surface area (Å²) >= 11 is 0. The highest BCUT2D eigenvalue weighted by molar-refractivity contribution is 7.89. The zero-order valence-corrected chi connectivity index (χ0v) is 15.5. The number of likely N-dealkylation sites (tertiary alicyclic amines) is 1. The van der Waals surface area contributed by atoms with E-state index in [0.717, 1.165) is 6.54 Å². The zero-order chi connectivity index (χ0) is 18.2. The van der Waals surface area contributed by atoms with Crippen LogP contribution in [0.3, 0.4) is 0 Å². The van der Waals surface area contributed by atoms with E-state index in [1.165, 1.54) is 16.3 Å². The fourth-order valence-electron chi connectivity index (χ4n) is 3.53. The Kier molecular flexibility index (Phi) is 5.56. The summed E-state index contributed by atoms with van der Waals surface area (Å²) in [5.41, 5.74) is 0. The molecule has 2 aliphatic heterocycles. The van der Waals surface area contributed by atoms with Gasteiger partial charge in [0.1, 0.15) is 11.4 Å². The van der Waals surface area contributed by atoms with Crippen LogP contribution in [0.2, 0.25) is 0 Å². The largest absolute Gasteiger partial charge is 0.480 e. The Morgan fingerprint density at radius 3 is 2.25 bits per heavy atom. The summed E-state index contributed by atoms with van der Waals surface area (Å²) in [6.07, 6.45) is 1.05. The number of carbonyl (C=O) groups excluding carboxylic acids is 1. The second-order valence-electron chi connectivity index (χ2n) is 7.09. The number of rotatable bonds is 6. The highest BCUT2D eigenvalue weighted by Crippen LogP contribution is 2.29. The van der Waals surface area contributed by atoms with Crippen molar-refractivity contribution in [3.8, 4) is 0 Å². The maximum atomic E-state index is 12.6. The maximum absolute atomic E-state index is 12.6. The van der Waals surface area contributed by atoms with Gasteiger partial charge >= 0.3 is 5.97 Å². The lowest BCUT2D eigenvalue weighted by Gasteiger charge is -2.39. The van der Waals surface area contributed by atoms with E-state index in [1.807, 2.05) is 0 Å². The Bertz CT molecular complexity index is 606. The first kappa shape index (κ1) is 19.1. The third-order valence-electron chi connectivity index (χ3n) is 5.07. The molecular weight excluding hydrogens is 334 g/mol. The fraction of sp³-hybridized carbons (Fsp3) is 0.867. The maximum Gasteiger partial charge on any atom is 0.326 e. The number of hydrogen-bond donors (Lipinski definition) is 1. The van der Waals surface area contributed by atoms with Crippen LogP contribution in [0.5, 0.6) is 0 Å². The Labute approximate surface area is 143 Å². The summed E-state index contributed by atoms with van der Waals surface area (Å²) in [7, 11) is -0.164. The molecule has 2 rings (SSSR count). The van der Waals surface area contributed by atoms with Gasteiger partial charge in [-0.25, -0.2) is 13.2 Å². The topological polar surface area (TPSA) is 98.2 Å². The molecule has 3 atom stereocenters. The summed E-state index contributed by atoms with van der Waals surface area (Å²) in [6.45, 7) is 4.72. The smallest absolute Gasteiger partial charge is 0.326 e. The van der Waals surface area contributed by atoms with Crippen LogP contribution in [0, 0.1) is 11.8 Å². The lowest BCUT2D eigenvalue weighted by molar-refractivity contribution is -0.152. The number of hydrogen-bond acceptors (Lipinski definition) is 5. The molecule has 0 aromatic heterocycles. The van der Waals surface area contributed by atoms with Crippen molar-refractivity contribution in [3.05, 3.63) is 0 Å². The first-order valence-electron chi connectivity index (χ1n) is 8.26. The molecule has 1 N–H and O–H groups in total. The normalized spacial score (nSPS) is 27.0. The first-order chi connectivity index (χ1) is 11.1. The molecule has 9 heteroatoms. The van der Waals surface area contributed by atoms with Gasteiger partial charge in [-0.2, -0.15) is 4.31 Å². The lowest BCUT2D eigenvalue weighted by Crippen LogP contribution is -2.54. The van der Waals surface area contributed by atoms with E-state index in [-0.39, 0.29) is 18.4 Å². The van der Waals surface area contributed by atoms with Gasteiger partial charge in [-0.15, -0.1) is 0 Å². The highest BCUT2D eigenvalue weighted by atomic mass is 32.2. The predicted molar refractivity (Wildman–Crippen MR) is 88.7 cm³/mol. The Morgan fingerprint density at radius 2 is 1.83 bits per heavy atom. The number of nitrogens with zero attached hydrogens (tertiary/aromatic N) is 3. The minimum atomic E-state index is -3.42. The lowest BCUT2D eigenvalue weighted by atomic mass is 10.0. The van der Waals surface area contributed by atoms with Crippen LogP contribution in [-0.2, 0) is 19.6 Å². The van der Waals surface area contributed by atoms with Gasteiger partial charge < -0.3 is 10.0 Å². The highest BCUT2D eigenvalue weighted by Gasteiger charge is 2.45. The van der Waals surface area contributed by atoms with Crippen molar-refractivity contribution >= 4 is 21.9 Å². The minimum Gasteiger partial charge on any atom is -0.480 e. The Balaban J connectivity index is 2.04. The molecule has 2 saturated heterocycles. The molecule has 0 bridgehead atoms. The Morgan fingerprint density at radius 1 is 1.21 bits per heavy atom. The minimum absolute atomic E-state index is 0.139. The molecule has 0 spiro atoms. The average molecular weight is 361 g/mol. The van der Waals surface area contributed by atoms with Gasteiger partial charge in [0, 0.05) is 26.7 Å². The van der Waals surface area contributed by atoms with Crippen LogP contribution in [0.4, 0.5) is 0 Å². The van der Waals surface area contributed by atoms with Crippen molar-refractivity contribution in [1.82, 2.24) is 14.1 Å². The van der Waals surface area contributed by atoms with Crippen LogP contribution in [0.1, 0.15) is 26.7 Å². The van der Waals surface area contributed by atoms with Crippen LogP contribution in [0.25, 0.3) is 0 Å².